The first-order valence-corrected chi connectivity index (χ1v) is 12.1. The van der Waals surface area contributed by atoms with Crippen LogP contribution < -0.4 is 5.32 Å². The Bertz CT molecular complexity index is 1360. The van der Waals surface area contributed by atoms with Crippen molar-refractivity contribution >= 4 is 28.4 Å². The van der Waals surface area contributed by atoms with E-state index in [0.29, 0.717) is 22.7 Å². The molecule has 1 saturated heterocycles. The molecule has 7 nitrogen and oxygen atoms in total. The van der Waals surface area contributed by atoms with Crippen LogP contribution in [0.1, 0.15) is 45.5 Å². The summed E-state index contributed by atoms with van der Waals surface area (Å²) in [4.78, 5) is 32.2. The predicted molar refractivity (Wildman–Crippen MR) is 136 cm³/mol. The fraction of sp³-hybridized carbons (Fsp3) is 0.286. The Hall–Kier alpha value is -4.00. The summed E-state index contributed by atoms with van der Waals surface area (Å²) >= 11 is 0. The zero-order chi connectivity index (χ0) is 24.2. The fourth-order valence-corrected chi connectivity index (χ4v) is 4.87. The van der Waals surface area contributed by atoms with Crippen molar-refractivity contribution in [2.75, 3.05) is 18.4 Å². The topological polar surface area (TPSA) is 80.1 Å². The molecule has 1 N–H and O–H groups in total. The number of pyridine rings is 1. The molecule has 4 aromatic rings. The molecule has 1 aliphatic heterocycles. The van der Waals surface area contributed by atoms with Gasteiger partial charge in [0.15, 0.2) is 0 Å². The minimum atomic E-state index is -0.246. The van der Waals surface area contributed by atoms with Gasteiger partial charge in [-0.05, 0) is 67.5 Å². The Morgan fingerprint density at radius 2 is 1.91 bits per heavy atom. The lowest BCUT2D eigenvalue weighted by Gasteiger charge is -2.21. The SMILES string of the molecule is Cn1cc(C(=O)Nc2cccc(C(=O)N3CCC[C@H](Cc4ccnc5ccccc45)CC3)c2)cn1. The van der Waals surface area contributed by atoms with Crippen molar-refractivity contribution < 1.29 is 9.59 Å². The molecule has 2 amide bonds. The van der Waals surface area contributed by atoms with Gasteiger partial charge < -0.3 is 10.2 Å². The highest BCUT2D eigenvalue weighted by Crippen LogP contribution is 2.26. The summed E-state index contributed by atoms with van der Waals surface area (Å²) in [5.74, 6) is 0.296. The van der Waals surface area contributed by atoms with Gasteiger partial charge in [-0.3, -0.25) is 19.3 Å². The van der Waals surface area contributed by atoms with Gasteiger partial charge >= 0.3 is 0 Å². The number of hydrogen-bond donors (Lipinski definition) is 1. The van der Waals surface area contributed by atoms with E-state index in [0.717, 1.165) is 44.3 Å². The minimum Gasteiger partial charge on any atom is -0.339 e. The molecule has 0 aliphatic carbocycles. The number of fused-ring (bicyclic) bond motifs is 1. The average molecular weight is 468 g/mol. The second-order valence-electron chi connectivity index (χ2n) is 9.22. The highest BCUT2D eigenvalue weighted by Gasteiger charge is 2.23. The van der Waals surface area contributed by atoms with Crippen LogP contribution in [0.4, 0.5) is 5.69 Å². The summed E-state index contributed by atoms with van der Waals surface area (Å²) in [5, 5.41) is 8.12. The number of amides is 2. The number of carbonyl (C=O) groups excluding carboxylic acids is 2. The molecule has 1 aliphatic rings. The lowest BCUT2D eigenvalue weighted by molar-refractivity contribution is 0.0759. The van der Waals surface area contributed by atoms with Crippen molar-refractivity contribution in [2.24, 2.45) is 13.0 Å². The van der Waals surface area contributed by atoms with Gasteiger partial charge in [-0.15, -0.1) is 0 Å². The summed E-state index contributed by atoms with van der Waals surface area (Å²) < 4.78 is 1.58. The quantitative estimate of drug-likeness (QED) is 0.461. The van der Waals surface area contributed by atoms with E-state index in [1.165, 1.54) is 17.1 Å². The number of carbonyl (C=O) groups is 2. The Balaban J connectivity index is 1.23. The first-order chi connectivity index (χ1) is 17.1. The van der Waals surface area contributed by atoms with Crippen molar-refractivity contribution in [1.29, 1.82) is 0 Å². The second kappa shape index (κ2) is 10.1. The molecule has 0 spiro atoms. The smallest absolute Gasteiger partial charge is 0.258 e. The Kier molecular flexibility index (Phi) is 6.57. The molecule has 5 rings (SSSR count). The van der Waals surface area contributed by atoms with Crippen molar-refractivity contribution in [2.45, 2.75) is 25.7 Å². The number of nitrogens with zero attached hydrogens (tertiary/aromatic N) is 4. The van der Waals surface area contributed by atoms with Gasteiger partial charge in [-0.1, -0.05) is 24.3 Å². The van der Waals surface area contributed by atoms with Crippen LogP contribution >= 0.6 is 0 Å². The van der Waals surface area contributed by atoms with E-state index >= 15 is 0 Å². The molecule has 0 unspecified atom stereocenters. The number of likely N-dealkylation sites (tertiary alicyclic amines) is 1. The van der Waals surface area contributed by atoms with E-state index in [1.807, 2.05) is 23.2 Å². The van der Waals surface area contributed by atoms with E-state index in [9.17, 15) is 9.59 Å². The molecular formula is C28H29N5O2. The molecule has 0 bridgehead atoms. The van der Waals surface area contributed by atoms with E-state index < -0.39 is 0 Å². The lowest BCUT2D eigenvalue weighted by atomic mass is 9.91. The molecule has 178 valence electrons. The summed E-state index contributed by atoms with van der Waals surface area (Å²) in [6.45, 7) is 1.48. The number of nitrogens with one attached hydrogen (secondary N) is 1. The van der Waals surface area contributed by atoms with E-state index in [2.05, 4.69) is 39.7 Å². The third kappa shape index (κ3) is 5.24. The number of aryl methyl sites for hydroxylation is 1. The summed E-state index contributed by atoms with van der Waals surface area (Å²) in [7, 11) is 1.76. The van der Waals surface area contributed by atoms with Crippen LogP contribution in [0.25, 0.3) is 10.9 Å². The normalized spacial score (nSPS) is 16.1. The summed E-state index contributed by atoms with van der Waals surface area (Å²) in [5.41, 5.74) is 4.03. The molecule has 35 heavy (non-hydrogen) atoms. The molecular weight excluding hydrogens is 438 g/mol. The van der Waals surface area contributed by atoms with Gasteiger partial charge in [0.1, 0.15) is 0 Å². The maximum atomic E-state index is 13.3. The van der Waals surface area contributed by atoms with Crippen molar-refractivity contribution in [3.63, 3.8) is 0 Å². The number of hydrogen-bond acceptors (Lipinski definition) is 4. The molecule has 3 heterocycles. The zero-order valence-electron chi connectivity index (χ0n) is 19.9. The number of anilines is 1. The van der Waals surface area contributed by atoms with Crippen molar-refractivity contribution in [1.82, 2.24) is 19.7 Å². The molecule has 2 aromatic heterocycles. The Morgan fingerprint density at radius 3 is 2.77 bits per heavy atom. The van der Waals surface area contributed by atoms with Crippen LogP contribution in [-0.2, 0) is 13.5 Å². The maximum absolute atomic E-state index is 13.3. The Labute approximate surface area is 204 Å². The van der Waals surface area contributed by atoms with Crippen LogP contribution in [0.15, 0.2) is 73.2 Å². The number of benzene rings is 2. The van der Waals surface area contributed by atoms with Crippen LogP contribution in [0.5, 0.6) is 0 Å². The van der Waals surface area contributed by atoms with Crippen molar-refractivity contribution in [3.05, 3.63) is 89.9 Å². The molecule has 2 aromatic carbocycles. The van der Waals surface area contributed by atoms with Crippen LogP contribution in [0, 0.1) is 5.92 Å². The van der Waals surface area contributed by atoms with Crippen LogP contribution in [0.3, 0.4) is 0 Å². The number of aromatic nitrogens is 3. The molecule has 1 fully saturated rings. The van der Waals surface area contributed by atoms with Gasteiger partial charge in [-0.2, -0.15) is 5.10 Å². The van der Waals surface area contributed by atoms with Gasteiger partial charge in [0, 0.05) is 49.2 Å². The zero-order valence-corrected chi connectivity index (χ0v) is 19.9. The number of rotatable bonds is 5. The number of para-hydroxylation sites is 1. The second-order valence-corrected chi connectivity index (χ2v) is 9.22. The fourth-order valence-electron chi connectivity index (χ4n) is 4.87. The maximum Gasteiger partial charge on any atom is 0.258 e. The molecule has 0 saturated carbocycles. The lowest BCUT2D eigenvalue weighted by Crippen LogP contribution is -2.32. The van der Waals surface area contributed by atoms with Gasteiger partial charge in [0.2, 0.25) is 0 Å². The highest BCUT2D eigenvalue weighted by atomic mass is 16.2. The standard InChI is InChI=1S/C28H29N5O2/c1-32-19-23(18-30-32)27(34)31-24-8-4-7-22(17-24)28(35)33-14-5-6-20(12-15-33)16-21-11-13-29-26-10-3-2-9-25(21)26/h2-4,7-11,13,17-20H,5-6,12,14-16H2,1H3,(H,31,34)/t20-/m0/s1. The third-order valence-electron chi connectivity index (χ3n) is 6.72. The van der Waals surface area contributed by atoms with Crippen LogP contribution in [-0.4, -0.2) is 44.6 Å². The Morgan fingerprint density at radius 1 is 1.03 bits per heavy atom. The van der Waals surface area contributed by atoms with Crippen molar-refractivity contribution in [3.8, 4) is 0 Å². The molecule has 7 heteroatoms. The van der Waals surface area contributed by atoms with E-state index in [1.54, 1.807) is 36.1 Å². The molecule has 1 atom stereocenters. The van der Waals surface area contributed by atoms with Crippen LogP contribution in [0.2, 0.25) is 0 Å². The minimum absolute atomic E-state index is 0.0116. The van der Waals surface area contributed by atoms with Gasteiger partial charge in [0.25, 0.3) is 11.8 Å². The summed E-state index contributed by atoms with van der Waals surface area (Å²) in [6.07, 6.45) is 9.13. The summed E-state index contributed by atoms with van der Waals surface area (Å²) in [6, 6.07) is 17.6. The average Bonchev–Trinajstić information content (AvgIpc) is 3.18. The van der Waals surface area contributed by atoms with Gasteiger partial charge in [-0.25, -0.2) is 0 Å². The third-order valence-corrected chi connectivity index (χ3v) is 6.72. The first-order valence-electron chi connectivity index (χ1n) is 12.1. The molecule has 0 radical (unpaired) electrons. The monoisotopic (exact) mass is 467 g/mol. The van der Waals surface area contributed by atoms with Gasteiger partial charge in [0.05, 0.1) is 17.3 Å². The predicted octanol–water partition coefficient (Wildman–Crippen LogP) is 4.71. The largest absolute Gasteiger partial charge is 0.339 e. The van der Waals surface area contributed by atoms with E-state index in [4.69, 9.17) is 0 Å². The first kappa shape index (κ1) is 22.8. The van der Waals surface area contributed by atoms with E-state index in [-0.39, 0.29) is 11.8 Å². The highest BCUT2D eigenvalue weighted by molar-refractivity contribution is 6.04.